The van der Waals surface area contributed by atoms with E-state index in [1.54, 1.807) is 0 Å². The summed E-state index contributed by atoms with van der Waals surface area (Å²) in [6.07, 6.45) is 0.563. The number of nitrogens with zero attached hydrogens (tertiary/aromatic N) is 3. The number of aliphatic hydroxyl groups excluding tert-OH is 1. The minimum atomic E-state index is -0.211. The molecule has 0 aliphatic carbocycles. The topological polar surface area (TPSA) is 75.3 Å². The molecule has 1 aromatic heterocycles. The molecule has 1 fully saturated rings. The summed E-state index contributed by atoms with van der Waals surface area (Å²) in [6.45, 7) is 9.91. The molecule has 0 bridgehead atoms. The zero-order chi connectivity index (χ0) is 14.2. The lowest BCUT2D eigenvalue weighted by Gasteiger charge is -2.35. The van der Waals surface area contributed by atoms with E-state index < -0.39 is 0 Å². The average molecular weight is 264 g/mol. The van der Waals surface area contributed by atoms with Gasteiger partial charge in [-0.1, -0.05) is 27.7 Å². The smallest absolute Gasteiger partial charge is 0.138 e. The van der Waals surface area contributed by atoms with Crippen molar-refractivity contribution in [2.24, 2.45) is 5.92 Å². The molecule has 0 spiro atoms. The third-order valence-corrected chi connectivity index (χ3v) is 3.59. The molecular formula is C14H24N4O. The highest BCUT2D eigenvalue weighted by atomic mass is 16.3. The van der Waals surface area contributed by atoms with Crippen LogP contribution in [0.2, 0.25) is 0 Å². The Kier molecular flexibility index (Phi) is 3.67. The lowest BCUT2D eigenvalue weighted by atomic mass is 9.95. The molecule has 2 heterocycles. The molecule has 1 aliphatic rings. The molecule has 2 rings (SSSR count). The van der Waals surface area contributed by atoms with Crippen LogP contribution in [0.5, 0.6) is 0 Å². The molecule has 3 N–H and O–H groups in total. The van der Waals surface area contributed by atoms with Crippen LogP contribution >= 0.6 is 0 Å². The summed E-state index contributed by atoms with van der Waals surface area (Å²) in [5.41, 5.74) is 5.78. The van der Waals surface area contributed by atoms with Crippen molar-refractivity contribution >= 4 is 11.6 Å². The van der Waals surface area contributed by atoms with Crippen LogP contribution in [0.15, 0.2) is 6.07 Å². The van der Waals surface area contributed by atoms with E-state index in [9.17, 15) is 5.11 Å². The van der Waals surface area contributed by atoms with Crippen LogP contribution in [0, 0.1) is 5.92 Å². The second-order valence-electron chi connectivity index (χ2n) is 6.50. The van der Waals surface area contributed by atoms with Gasteiger partial charge in [-0.2, -0.15) is 0 Å². The zero-order valence-electron chi connectivity index (χ0n) is 12.2. The Labute approximate surface area is 114 Å². The largest absolute Gasteiger partial charge is 0.393 e. The number of rotatable bonds is 1. The van der Waals surface area contributed by atoms with E-state index in [2.05, 4.69) is 42.6 Å². The van der Waals surface area contributed by atoms with Gasteiger partial charge < -0.3 is 15.7 Å². The molecule has 1 saturated heterocycles. The lowest BCUT2D eigenvalue weighted by molar-refractivity contribution is 0.0968. The molecule has 0 amide bonds. The second-order valence-corrected chi connectivity index (χ2v) is 6.50. The summed E-state index contributed by atoms with van der Waals surface area (Å²) < 4.78 is 0. The van der Waals surface area contributed by atoms with Gasteiger partial charge in [0.1, 0.15) is 17.5 Å². The maximum atomic E-state index is 9.80. The van der Waals surface area contributed by atoms with Crippen molar-refractivity contribution in [1.29, 1.82) is 0 Å². The normalized spacial score (nSPS) is 24.6. The van der Waals surface area contributed by atoms with Crippen molar-refractivity contribution in [2.45, 2.75) is 45.6 Å². The molecule has 1 aromatic rings. The van der Waals surface area contributed by atoms with Crippen molar-refractivity contribution in [2.75, 3.05) is 23.7 Å². The summed E-state index contributed by atoms with van der Waals surface area (Å²) in [5.74, 6) is 2.40. The summed E-state index contributed by atoms with van der Waals surface area (Å²) in [4.78, 5) is 11.2. The number of anilines is 2. The number of piperidine rings is 1. The molecule has 2 atom stereocenters. The van der Waals surface area contributed by atoms with Gasteiger partial charge in [-0.3, -0.25) is 0 Å². The van der Waals surface area contributed by atoms with Gasteiger partial charge in [-0.25, -0.2) is 9.97 Å². The Morgan fingerprint density at radius 1 is 1.37 bits per heavy atom. The Morgan fingerprint density at radius 3 is 2.63 bits per heavy atom. The van der Waals surface area contributed by atoms with E-state index in [1.807, 2.05) is 6.07 Å². The highest BCUT2D eigenvalue weighted by Gasteiger charge is 2.26. The Morgan fingerprint density at radius 2 is 2.05 bits per heavy atom. The first-order valence-corrected chi connectivity index (χ1v) is 6.85. The number of aromatic nitrogens is 2. The Bertz CT molecular complexity index is 455. The van der Waals surface area contributed by atoms with Crippen molar-refractivity contribution in [3.8, 4) is 0 Å². The summed E-state index contributed by atoms with van der Waals surface area (Å²) in [7, 11) is 0. The van der Waals surface area contributed by atoms with Gasteiger partial charge in [0.25, 0.3) is 0 Å². The standard InChI is InChI=1S/C14H24N4O/c1-9-8-18(6-5-10(9)19)12-7-11(15)16-13(17-12)14(2,3)4/h7,9-10,19H,5-6,8H2,1-4H3,(H2,15,16,17). The number of hydrogen-bond donors (Lipinski definition) is 2. The molecule has 0 radical (unpaired) electrons. The molecule has 106 valence electrons. The summed E-state index contributed by atoms with van der Waals surface area (Å²) in [5, 5.41) is 9.80. The maximum absolute atomic E-state index is 9.80. The third-order valence-electron chi connectivity index (χ3n) is 3.59. The van der Waals surface area contributed by atoms with Crippen LogP contribution in [0.1, 0.15) is 39.9 Å². The van der Waals surface area contributed by atoms with Crippen LogP contribution < -0.4 is 10.6 Å². The van der Waals surface area contributed by atoms with E-state index in [1.165, 1.54) is 0 Å². The van der Waals surface area contributed by atoms with Crippen molar-refractivity contribution in [1.82, 2.24) is 9.97 Å². The molecule has 0 saturated carbocycles. The summed E-state index contributed by atoms with van der Waals surface area (Å²) >= 11 is 0. The van der Waals surface area contributed by atoms with E-state index in [4.69, 9.17) is 5.73 Å². The summed E-state index contributed by atoms with van der Waals surface area (Å²) in [6, 6.07) is 1.82. The van der Waals surface area contributed by atoms with Gasteiger partial charge >= 0.3 is 0 Å². The van der Waals surface area contributed by atoms with E-state index >= 15 is 0 Å². The molecule has 2 unspecified atom stereocenters. The molecule has 5 nitrogen and oxygen atoms in total. The molecule has 1 aliphatic heterocycles. The maximum Gasteiger partial charge on any atom is 0.138 e. The predicted octanol–water partition coefficient (Wildman–Crippen LogP) is 1.56. The van der Waals surface area contributed by atoms with E-state index in [0.29, 0.717) is 5.82 Å². The average Bonchev–Trinajstić information content (AvgIpc) is 2.31. The Balaban J connectivity index is 2.28. The number of hydrogen-bond acceptors (Lipinski definition) is 5. The fourth-order valence-corrected chi connectivity index (χ4v) is 2.29. The van der Waals surface area contributed by atoms with Crippen LogP contribution in [-0.4, -0.2) is 34.3 Å². The third kappa shape index (κ3) is 3.15. The van der Waals surface area contributed by atoms with Gasteiger partial charge in [0.05, 0.1) is 6.10 Å². The first-order chi connectivity index (χ1) is 8.77. The quantitative estimate of drug-likeness (QED) is 0.805. The van der Waals surface area contributed by atoms with E-state index in [0.717, 1.165) is 31.2 Å². The zero-order valence-corrected chi connectivity index (χ0v) is 12.2. The highest BCUT2D eigenvalue weighted by molar-refractivity contribution is 5.48. The monoisotopic (exact) mass is 264 g/mol. The SMILES string of the molecule is CC1CN(c2cc(N)nc(C(C)(C)C)n2)CCC1O. The first-order valence-electron chi connectivity index (χ1n) is 6.85. The van der Waals surface area contributed by atoms with Crippen molar-refractivity contribution in [3.05, 3.63) is 11.9 Å². The molecule has 19 heavy (non-hydrogen) atoms. The number of aliphatic hydroxyl groups is 1. The second kappa shape index (κ2) is 4.96. The van der Waals surface area contributed by atoms with Crippen LogP contribution in [0.3, 0.4) is 0 Å². The van der Waals surface area contributed by atoms with Gasteiger partial charge in [0.15, 0.2) is 0 Å². The van der Waals surface area contributed by atoms with Gasteiger partial charge in [-0.05, 0) is 12.3 Å². The highest BCUT2D eigenvalue weighted by Crippen LogP contribution is 2.26. The lowest BCUT2D eigenvalue weighted by Crippen LogP contribution is -2.42. The number of nitrogen functional groups attached to an aromatic ring is 1. The van der Waals surface area contributed by atoms with Gasteiger partial charge in [-0.15, -0.1) is 0 Å². The van der Waals surface area contributed by atoms with Crippen LogP contribution in [-0.2, 0) is 5.41 Å². The molecule has 0 aromatic carbocycles. The van der Waals surface area contributed by atoms with Crippen molar-refractivity contribution < 1.29 is 5.11 Å². The predicted molar refractivity (Wildman–Crippen MR) is 77.1 cm³/mol. The Hall–Kier alpha value is -1.36. The minimum absolute atomic E-state index is 0.120. The molecule has 5 heteroatoms. The fourth-order valence-electron chi connectivity index (χ4n) is 2.29. The van der Waals surface area contributed by atoms with Crippen LogP contribution in [0.25, 0.3) is 0 Å². The molecular weight excluding hydrogens is 240 g/mol. The van der Waals surface area contributed by atoms with Gasteiger partial charge in [0, 0.05) is 24.6 Å². The van der Waals surface area contributed by atoms with Gasteiger partial charge in [0.2, 0.25) is 0 Å². The van der Waals surface area contributed by atoms with Crippen molar-refractivity contribution in [3.63, 3.8) is 0 Å². The fraction of sp³-hybridized carbons (Fsp3) is 0.714. The number of nitrogens with two attached hydrogens (primary N) is 1. The van der Waals surface area contributed by atoms with E-state index in [-0.39, 0.29) is 17.4 Å². The minimum Gasteiger partial charge on any atom is -0.393 e. The first kappa shape index (κ1) is 14.1. The van der Waals surface area contributed by atoms with Crippen LogP contribution in [0.4, 0.5) is 11.6 Å².